The van der Waals surface area contributed by atoms with Crippen molar-refractivity contribution in [3.63, 3.8) is 0 Å². The van der Waals surface area contributed by atoms with Crippen LogP contribution in [0.5, 0.6) is 5.75 Å². The van der Waals surface area contributed by atoms with Crippen LogP contribution in [-0.2, 0) is 17.1 Å². The van der Waals surface area contributed by atoms with Gasteiger partial charge in [0.05, 0.1) is 29.8 Å². The summed E-state index contributed by atoms with van der Waals surface area (Å²) in [7, 11) is 1.57. The highest BCUT2D eigenvalue weighted by Crippen LogP contribution is 2.43. The molecule has 2 aromatic carbocycles. The molecule has 0 saturated carbocycles. The maximum Gasteiger partial charge on any atom is 0.416 e. The van der Waals surface area contributed by atoms with Gasteiger partial charge in [-0.25, -0.2) is 0 Å². The zero-order valence-electron chi connectivity index (χ0n) is 27.5. The van der Waals surface area contributed by atoms with Gasteiger partial charge >= 0.3 is 12.4 Å². The minimum absolute atomic E-state index is 0.0385. The number of alkyl halides is 6. The van der Waals surface area contributed by atoms with Gasteiger partial charge in [0.15, 0.2) is 5.11 Å². The van der Waals surface area contributed by atoms with Crippen LogP contribution in [0.2, 0.25) is 0 Å². The molecule has 3 aliphatic heterocycles. The Morgan fingerprint density at radius 1 is 1.04 bits per heavy atom. The van der Waals surface area contributed by atoms with E-state index in [0.29, 0.717) is 35.2 Å². The molecular formula is C35H39F6N5O2S. The summed E-state index contributed by atoms with van der Waals surface area (Å²) < 4.78 is 86.4. The van der Waals surface area contributed by atoms with Crippen LogP contribution in [0.15, 0.2) is 61.3 Å². The van der Waals surface area contributed by atoms with E-state index >= 15 is 0 Å². The van der Waals surface area contributed by atoms with Gasteiger partial charge in [-0.1, -0.05) is 26.8 Å². The molecule has 0 spiro atoms. The number of nitrogens with one attached hydrogen (secondary N) is 3. The van der Waals surface area contributed by atoms with Crippen molar-refractivity contribution in [2.45, 2.75) is 64.1 Å². The van der Waals surface area contributed by atoms with Gasteiger partial charge in [0.2, 0.25) is 5.91 Å². The molecule has 3 aliphatic rings. The molecule has 3 N–H and O–H groups in total. The average Bonchev–Trinajstić information content (AvgIpc) is 3.04. The molecule has 3 unspecified atom stereocenters. The molecule has 3 fully saturated rings. The molecule has 0 aliphatic carbocycles. The van der Waals surface area contributed by atoms with Crippen LogP contribution in [0, 0.1) is 17.3 Å². The Labute approximate surface area is 286 Å². The first-order valence-electron chi connectivity index (χ1n) is 15.9. The lowest BCUT2D eigenvalue weighted by Gasteiger charge is -2.52. The van der Waals surface area contributed by atoms with Crippen molar-refractivity contribution >= 4 is 39.8 Å². The number of benzene rings is 2. The number of thiocarbonyl (C=S) groups is 1. The number of aromatic nitrogens is 1. The van der Waals surface area contributed by atoms with E-state index in [1.165, 1.54) is 0 Å². The number of halogens is 6. The fourth-order valence-corrected chi connectivity index (χ4v) is 7.12. The number of carbonyl (C=O) groups excluding carboxylic acids is 1. The number of fused-ring (bicyclic) bond motifs is 4. The molecule has 2 bridgehead atoms. The first kappa shape index (κ1) is 36.4. The smallest absolute Gasteiger partial charge is 0.416 e. The number of piperidine rings is 3. The van der Waals surface area contributed by atoms with E-state index in [0.717, 1.165) is 36.9 Å². The lowest BCUT2D eigenvalue weighted by molar-refractivity contribution is -0.143. The fraction of sp³-hybridized carbons (Fsp3) is 0.457. The fourth-order valence-electron chi connectivity index (χ4n) is 6.89. The lowest BCUT2D eigenvalue weighted by atomic mass is 9.73. The number of nitrogens with zero attached hydrogens (tertiary/aromatic N) is 2. The maximum absolute atomic E-state index is 14.3. The predicted molar refractivity (Wildman–Crippen MR) is 180 cm³/mol. The first-order valence-corrected chi connectivity index (χ1v) is 16.3. The molecule has 7 nitrogen and oxygen atoms in total. The number of rotatable bonds is 8. The first-order chi connectivity index (χ1) is 22.9. The molecule has 3 saturated heterocycles. The molecule has 6 rings (SSSR count). The van der Waals surface area contributed by atoms with E-state index in [9.17, 15) is 31.1 Å². The Morgan fingerprint density at radius 3 is 2.27 bits per heavy atom. The number of methoxy groups -OCH3 is 1. The number of amides is 1. The van der Waals surface area contributed by atoms with Gasteiger partial charge < -0.3 is 20.7 Å². The number of anilines is 1. The summed E-state index contributed by atoms with van der Waals surface area (Å²) in [5.41, 5.74) is -2.75. The van der Waals surface area contributed by atoms with E-state index in [1.54, 1.807) is 34.1 Å². The van der Waals surface area contributed by atoms with E-state index in [1.807, 2.05) is 30.3 Å². The number of hydrogen-bond donors (Lipinski definition) is 3. The van der Waals surface area contributed by atoms with Gasteiger partial charge in [-0.05, 0) is 96.9 Å². The zero-order chi connectivity index (χ0) is 35.9. The highest BCUT2D eigenvalue weighted by molar-refractivity contribution is 7.80. The van der Waals surface area contributed by atoms with Gasteiger partial charge in [-0.15, -0.1) is 6.58 Å². The molecule has 1 aromatic heterocycles. The second kappa shape index (κ2) is 13.8. The topological polar surface area (TPSA) is 78.5 Å². The van der Waals surface area contributed by atoms with E-state index in [4.69, 9.17) is 17.0 Å². The number of hydrogen-bond acceptors (Lipinski definition) is 5. The van der Waals surface area contributed by atoms with E-state index < -0.39 is 52.6 Å². The summed E-state index contributed by atoms with van der Waals surface area (Å²) in [4.78, 5) is 21.2. The Hall–Kier alpha value is -3.91. The minimum Gasteiger partial charge on any atom is -0.497 e. The third-order valence-electron chi connectivity index (χ3n) is 9.40. The SMILES string of the molecule is C=CC1CN2CCC1C[C@H]2[C@@H](NC(=O)[C@@H](NC(=S)Nc1cc(C(F)(F)F)cc(C(F)(F)F)c1)C(C)(C)C)c1ccnc2ccc(OC)cc12. The third kappa shape index (κ3) is 8.12. The van der Waals surface area contributed by atoms with Crippen molar-refractivity contribution in [2.24, 2.45) is 17.3 Å². The van der Waals surface area contributed by atoms with Gasteiger partial charge in [0.1, 0.15) is 11.8 Å². The van der Waals surface area contributed by atoms with Gasteiger partial charge in [-0.3, -0.25) is 14.7 Å². The summed E-state index contributed by atoms with van der Waals surface area (Å²) in [5.74, 6) is 0.893. The lowest BCUT2D eigenvalue weighted by Crippen LogP contribution is -2.60. The molecule has 3 aromatic rings. The Kier molecular flexibility index (Phi) is 10.2. The van der Waals surface area contributed by atoms with Crippen molar-refractivity contribution in [1.29, 1.82) is 0 Å². The van der Waals surface area contributed by atoms with Crippen LogP contribution in [-0.4, -0.2) is 53.2 Å². The molecule has 0 radical (unpaired) electrons. The Morgan fingerprint density at radius 2 is 1.71 bits per heavy atom. The second-order valence-corrected chi connectivity index (χ2v) is 14.1. The molecule has 6 atom stereocenters. The second-order valence-electron chi connectivity index (χ2n) is 13.7. The van der Waals surface area contributed by atoms with Gasteiger partial charge in [-0.2, -0.15) is 26.3 Å². The van der Waals surface area contributed by atoms with Gasteiger partial charge in [0, 0.05) is 29.9 Å². The summed E-state index contributed by atoms with van der Waals surface area (Å²) in [5, 5.41) is 9.07. The molecule has 1 amide bonds. The Bertz CT molecular complexity index is 1690. The highest BCUT2D eigenvalue weighted by atomic mass is 32.1. The quantitative estimate of drug-likeness (QED) is 0.126. The molecule has 4 heterocycles. The van der Waals surface area contributed by atoms with Crippen molar-refractivity contribution in [2.75, 3.05) is 25.5 Å². The zero-order valence-corrected chi connectivity index (χ0v) is 28.3. The maximum atomic E-state index is 14.3. The summed E-state index contributed by atoms with van der Waals surface area (Å²) in [6.45, 7) is 11.0. The van der Waals surface area contributed by atoms with Crippen LogP contribution in [0.3, 0.4) is 0 Å². The van der Waals surface area contributed by atoms with Crippen LogP contribution >= 0.6 is 12.2 Å². The molecule has 14 heteroatoms. The van der Waals surface area contributed by atoms with Crippen LogP contribution < -0.4 is 20.7 Å². The molecular weight excluding hydrogens is 668 g/mol. The number of ether oxygens (including phenoxy) is 1. The van der Waals surface area contributed by atoms with E-state index in [2.05, 4.69) is 32.4 Å². The standard InChI is InChI=1S/C35H39F6N5O2S/c1-6-19-18-46-12-10-20(19)13-28(46)29(25-9-11-42-27-8-7-24(48-5)17-26(25)27)44-31(47)30(33(2,3)4)45-32(49)43-23-15-21(34(36,37)38)14-22(16-23)35(39,40)41/h6-9,11,14-17,19-20,28-30H,1,10,12-13,18H2,2-5H3,(H,44,47)(H2,43,45,49)/t19?,20?,28-,29-,30+/m0/s1. The number of carbonyl (C=O) groups is 1. The van der Waals surface area contributed by atoms with Crippen molar-refractivity contribution in [3.8, 4) is 5.75 Å². The van der Waals surface area contributed by atoms with E-state index in [-0.39, 0.29) is 17.2 Å². The van der Waals surface area contributed by atoms with Crippen molar-refractivity contribution in [1.82, 2.24) is 20.5 Å². The number of pyridine rings is 1. The molecule has 264 valence electrons. The Balaban J connectivity index is 1.47. The highest BCUT2D eigenvalue weighted by Gasteiger charge is 2.45. The van der Waals surface area contributed by atoms with Crippen molar-refractivity contribution in [3.05, 3.63) is 78.0 Å². The predicted octanol–water partition coefficient (Wildman–Crippen LogP) is 7.74. The van der Waals surface area contributed by atoms with Crippen LogP contribution in [0.25, 0.3) is 10.9 Å². The average molecular weight is 708 g/mol. The monoisotopic (exact) mass is 707 g/mol. The third-order valence-corrected chi connectivity index (χ3v) is 9.62. The van der Waals surface area contributed by atoms with Crippen LogP contribution in [0.1, 0.15) is 56.3 Å². The summed E-state index contributed by atoms with van der Waals surface area (Å²) >= 11 is 5.36. The molecule has 49 heavy (non-hydrogen) atoms. The largest absolute Gasteiger partial charge is 0.497 e. The minimum atomic E-state index is -5.03. The van der Waals surface area contributed by atoms with Gasteiger partial charge in [0.25, 0.3) is 0 Å². The summed E-state index contributed by atoms with van der Waals surface area (Å²) in [6.07, 6.45) is -4.57. The van der Waals surface area contributed by atoms with Crippen LogP contribution in [0.4, 0.5) is 32.0 Å². The normalized spacial score (nSPS) is 22.2. The summed E-state index contributed by atoms with van der Waals surface area (Å²) in [6, 6.07) is 6.90. The van der Waals surface area contributed by atoms with Crippen molar-refractivity contribution < 1.29 is 35.9 Å².